The van der Waals surface area contributed by atoms with Gasteiger partial charge in [0.1, 0.15) is 5.82 Å². The molecule has 20 heavy (non-hydrogen) atoms. The fourth-order valence-corrected chi connectivity index (χ4v) is 2.06. The Labute approximate surface area is 117 Å². The first-order valence-corrected chi connectivity index (χ1v) is 6.51. The summed E-state index contributed by atoms with van der Waals surface area (Å²) in [6.45, 7) is 2.43. The van der Waals surface area contributed by atoms with Gasteiger partial charge in [-0.2, -0.15) is 0 Å². The summed E-state index contributed by atoms with van der Waals surface area (Å²) in [6, 6.07) is 11.8. The lowest BCUT2D eigenvalue weighted by atomic mass is 10.1. The Hall–Kier alpha value is -2.36. The molecule has 2 aromatic carbocycles. The van der Waals surface area contributed by atoms with Crippen LogP contribution in [0.3, 0.4) is 0 Å². The van der Waals surface area contributed by atoms with Crippen molar-refractivity contribution in [2.75, 3.05) is 5.73 Å². The van der Waals surface area contributed by atoms with E-state index < -0.39 is 11.7 Å². The molecule has 0 saturated carbocycles. The maximum Gasteiger partial charge on any atom is 0.254 e. The smallest absolute Gasteiger partial charge is 0.254 e. The summed E-state index contributed by atoms with van der Waals surface area (Å²) in [7, 11) is 0. The van der Waals surface area contributed by atoms with E-state index in [1.807, 2.05) is 24.3 Å². The van der Waals surface area contributed by atoms with E-state index in [0.29, 0.717) is 12.2 Å². The van der Waals surface area contributed by atoms with Crippen LogP contribution in [0.2, 0.25) is 0 Å². The molecule has 0 unspecified atom stereocenters. The number of hydrogen-bond acceptors (Lipinski definition) is 2. The second-order valence-corrected chi connectivity index (χ2v) is 4.54. The number of benzene rings is 2. The van der Waals surface area contributed by atoms with Crippen molar-refractivity contribution in [3.05, 3.63) is 65.0 Å². The average molecular weight is 272 g/mol. The lowest BCUT2D eigenvalue weighted by Crippen LogP contribution is -2.24. The summed E-state index contributed by atoms with van der Waals surface area (Å²) in [5.41, 5.74) is 8.11. The van der Waals surface area contributed by atoms with Crippen molar-refractivity contribution in [2.45, 2.75) is 19.9 Å². The Kier molecular flexibility index (Phi) is 4.35. The number of hydrogen-bond donors (Lipinski definition) is 2. The van der Waals surface area contributed by atoms with Crippen LogP contribution in [-0.2, 0) is 13.0 Å². The van der Waals surface area contributed by atoms with E-state index in [4.69, 9.17) is 5.73 Å². The molecule has 2 rings (SSSR count). The van der Waals surface area contributed by atoms with Crippen molar-refractivity contribution in [1.29, 1.82) is 0 Å². The minimum absolute atomic E-state index is 0.0287. The number of halogens is 1. The lowest BCUT2D eigenvalue weighted by Gasteiger charge is -2.10. The molecule has 0 aliphatic heterocycles. The van der Waals surface area contributed by atoms with Crippen LogP contribution in [0.15, 0.2) is 42.5 Å². The van der Waals surface area contributed by atoms with Crippen molar-refractivity contribution in [3.8, 4) is 0 Å². The van der Waals surface area contributed by atoms with E-state index in [1.165, 1.54) is 23.8 Å². The fourth-order valence-electron chi connectivity index (χ4n) is 2.06. The standard InChI is InChI=1S/C16H17FN2O/c1-2-11-5-3-4-6-12(11)10-19-16(20)14-9-13(18)7-8-15(14)17/h3-9H,2,10,18H2,1H3,(H,19,20). The highest BCUT2D eigenvalue weighted by Gasteiger charge is 2.12. The first-order valence-electron chi connectivity index (χ1n) is 6.51. The van der Waals surface area contributed by atoms with Gasteiger partial charge in [0.2, 0.25) is 0 Å². The molecular formula is C16H17FN2O. The number of nitrogens with two attached hydrogens (primary N) is 1. The molecule has 3 N–H and O–H groups in total. The molecule has 3 nitrogen and oxygen atoms in total. The topological polar surface area (TPSA) is 55.1 Å². The number of nitrogen functional groups attached to an aromatic ring is 1. The molecule has 0 bridgehead atoms. The molecule has 0 aliphatic rings. The number of carbonyl (C=O) groups excluding carboxylic acids is 1. The highest BCUT2D eigenvalue weighted by molar-refractivity contribution is 5.95. The summed E-state index contributed by atoms with van der Waals surface area (Å²) in [5, 5.41) is 2.72. The van der Waals surface area contributed by atoms with Crippen LogP contribution in [0.4, 0.5) is 10.1 Å². The molecule has 104 valence electrons. The maximum absolute atomic E-state index is 13.6. The molecular weight excluding hydrogens is 255 g/mol. The third kappa shape index (κ3) is 3.15. The van der Waals surface area contributed by atoms with Crippen LogP contribution < -0.4 is 11.1 Å². The number of anilines is 1. The van der Waals surface area contributed by atoms with Gasteiger partial charge in [-0.05, 0) is 35.7 Å². The summed E-state index contributed by atoms with van der Waals surface area (Å²) < 4.78 is 13.6. The van der Waals surface area contributed by atoms with Gasteiger partial charge >= 0.3 is 0 Å². The van der Waals surface area contributed by atoms with Crippen molar-refractivity contribution in [1.82, 2.24) is 5.32 Å². The van der Waals surface area contributed by atoms with E-state index >= 15 is 0 Å². The van der Waals surface area contributed by atoms with Gasteiger partial charge < -0.3 is 11.1 Å². The minimum Gasteiger partial charge on any atom is -0.399 e. The number of carbonyl (C=O) groups is 1. The van der Waals surface area contributed by atoms with Gasteiger partial charge in [-0.3, -0.25) is 4.79 Å². The number of nitrogens with one attached hydrogen (secondary N) is 1. The summed E-state index contributed by atoms with van der Waals surface area (Å²) in [5.74, 6) is -1.03. The molecule has 0 spiro atoms. The number of aryl methyl sites for hydroxylation is 1. The lowest BCUT2D eigenvalue weighted by molar-refractivity contribution is 0.0947. The Morgan fingerprint density at radius 1 is 1.20 bits per heavy atom. The molecule has 4 heteroatoms. The van der Waals surface area contributed by atoms with Crippen LogP contribution in [0.25, 0.3) is 0 Å². The summed E-state index contributed by atoms with van der Waals surface area (Å²) in [6.07, 6.45) is 0.888. The first-order chi connectivity index (χ1) is 9.61. The maximum atomic E-state index is 13.6. The van der Waals surface area contributed by atoms with Crippen LogP contribution in [-0.4, -0.2) is 5.91 Å². The number of amides is 1. The Bertz CT molecular complexity index is 626. The third-order valence-corrected chi connectivity index (χ3v) is 3.17. The monoisotopic (exact) mass is 272 g/mol. The van der Waals surface area contributed by atoms with Gasteiger partial charge in [0, 0.05) is 12.2 Å². The molecule has 2 aromatic rings. The highest BCUT2D eigenvalue weighted by atomic mass is 19.1. The van der Waals surface area contributed by atoms with Crippen molar-refractivity contribution in [3.63, 3.8) is 0 Å². The summed E-state index contributed by atoms with van der Waals surface area (Å²) in [4.78, 5) is 12.0. The van der Waals surface area contributed by atoms with Crippen LogP contribution in [0.1, 0.15) is 28.4 Å². The molecule has 0 heterocycles. The second kappa shape index (κ2) is 6.19. The van der Waals surface area contributed by atoms with E-state index in [9.17, 15) is 9.18 Å². The van der Waals surface area contributed by atoms with Gasteiger partial charge in [0.05, 0.1) is 5.56 Å². The van der Waals surface area contributed by atoms with E-state index in [0.717, 1.165) is 12.0 Å². The van der Waals surface area contributed by atoms with E-state index in [-0.39, 0.29) is 5.56 Å². The van der Waals surface area contributed by atoms with Gasteiger partial charge in [0.25, 0.3) is 5.91 Å². The Morgan fingerprint density at radius 3 is 2.60 bits per heavy atom. The number of rotatable bonds is 4. The van der Waals surface area contributed by atoms with Crippen molar-refractivity contribution >= 4 is 11.6 Å². The third-order valence-electron chi connectivity index (χ3n) is 3.17. The first kappa shape index (κ1) is 14.1. The largest absolute Gasteiger partial charge is 0.399 e. The molecule has 0 radical (unpaired) electrons. The Balaban J connectivity index is 2.11. The fraction of sp³-hybridized carbons (Fsp3) is 0.188. The molecule has 0 atom stereocenters. The predicted molar refractivity (Wildman–Crippen MR) is 77.8 cm³/mol. The van der Waals surface area contributed by atoms with Gasteiger partial charge in [0.15, 0.2) is 0 Å². The average Bonchev–Trinajstić information content (AvgIpc) is 2.47. The van der Waals surface area contributed by atoms with Crippen LogP contribution in [0, 0.1) is 5.82 Å². The molecule has 0 aliphatic carbocycles. The predicted octanol–water partition coefficient (Wildman–Crippen LogP) is 2.90. The highest BCUT2D eigenvalue weighted by Crippen LogP contribution is 2.13. The second-order valence-electron chi connectivity index (χ2n) is 4.54. The van der Waals surface area contributed by atoms with Gasteiger partial charge in [-0.1, -0.05) is 31.2 Å². The Morgan fingerprint density at radius 2 is 1.90 bits per heavy atom. The van der Waals surface area contributed by atoms with Gasteiger partial charge in [-0.25, -0.2) is 4.39 Å². The van der Waals surface area contributed by atoms with E-state index in [2.05, 4.69) is 12.2 Å². The molecule has 1 amide bonds. The molecule has 0 aromatic heterocycles. The zero-order valence-corrected chi connectivity index (χ0v) is 11.3. The zero-order chi connectivity index (χ0) is 14.5. The summed E-state index contributed by atoms with van der Waals surface area (Å²) >= 11 is 0. The van der Waals surface area contributed by atoms with Crippen molar-refractivity contribution in [2.24, 2.45) is 0 Å². The van der Waals surface area contributed by atoms with Crippen LogP contribution >= 0.6 is 0 Å². The quantitative estimate of drug-likeness (QED) is 0.841. The SMILES string of the molecule is CCc1ccccc1CNC(=O)c1cc(N)ccc1F. The van der Waals surface area contributed by atoms with Crippen LogP contribution in [0.5, 0.6) is 0 Å². The minimum atomic E-state index is -0.569. The normalized spacial score (nSPS) is 10.3. The molecule has 0 fully saturated rings. The van der Waals surface area contributed by atoms with Crippen molar-refractivity contribution < 1.29 is 9.18 Å². The zero-order valence-electron chi connectivity index (χ0n) is 11.3. The van der Waals surface area contributed by atoms with Gasteiger partial charge in [-0.15, -0.1) is 0 Å². The van der Waals surface area contributed by atoms with E-state index in [1.54, 1.807) is 0 Å². The molecule has 0 saturated heterocycles.